The molecule has 24 heavy (non-hydrogen) atoms. The number of likely N-dealkylation sites (tertiary alicyclic amines) is 1. The van der Waals surface area contributed by atoms with Crippen molar-refractivity contribution in [3.8, 4) is 0 Å². The molecule has 5 heteroatoms. The normalized spacial score (nSPS) is 16.1. The van der Waals surface area contributed by atoms with E-state index < -0.39 is 0 Å². The van der Waals surface area contributed by atoms with Gasteiger partial charge in [-0.05, 0) is 49.7 Å². The molecule has 2 aromatic rings. The second-order valence-electron chi connectivity index (χ2n) is 6.00. The summed E-state index contributed by atoms with van der Waals surface area (Å²) in [5.74, 6) is -0.138. The average molecular weight is 408 g/mol. The first-order valence-electron chi connectivity index (χ1n) is 8.17. The number of nitrogens with zero attached hydrogens (tertiary/aromatic N) is 1. The minimum Gasteiger partial charge on any atom is -0.350 e. The lowest BCUT2D eigenvalue weighted by molar-refractivity contribution is 0.0938. The summed E-state index contributed by atoms with van der Waals surface area (Å²) in [6.07, 6.45) is 2.43. The fourth-order valence-electron chi connectivity index (χ4n) is 3.14. The van der Waals surface area contributed by atoms with Gasteiger partial charge in [0.1, 0.15) is 0 Å². The molecular weight excluding hydrogens is 388 g/mol. The Morgan fingerprint density at radius 3 is 2.58 bits per heavy atom. The largest absolute Gasteiger partial charge is 0.350 e. The molecule has 0 aliphatic carbocycles. The summed E-state index contributed by atoms with van der Waals surface area (Å²) in [5.41, 5.74) is 1.74. The topological polar surface area (TPSA) is 32.3 Å². The first kappa shape index (κ1) is 17.5. The molecule has 1 amide bonds. The summed E-state index contributed by atoms with van der Waals surface area (Å²) in [7, 11) is 0. The van der Waals surface area contributed by atoms with Gasteiger partial charge < -0.3 is 5.32 Å². The number of amides is 1. The van der Waals surface area contributed by atoms with E-state index in [2.05, 4.69) is 38.3 Å². The third kappa shape index (κ3) is 4.18. The fourth-order valence-corrected chi connectivity index (χ4v) is 3.71. The Balaban J connectivity index is 1.73. The van der Waals surface area contributed by atoms with Crippen LogP contribution in [0.5, 0.6) is 0 Å². The molecule has 0 aromatic heterocycles. The highest BCUT2D eigenvalue weighted by Crippen LogP contribution is 2.25. The van der Waals surface area contributed by atoms with Crippen molar-refractivity contribution < 1.29 is 4.79 Å². The maximum absolute atomic E-state index is 12.5. The predicted molar refractivity (Wildman–Crippen MR) is 101 cm³/mol. The summed E-state index contributed by atoms with van der Waals surface area (Å²) in [6, 6.07) is 15.9. The van der Waals surface area contributed by atoms with Gasteiger partial charge in [-0.2, -0.15) is 0 Å². The van der Waals surface area contributed by atoms with Crippen molar-refractivity contribution in [2.45, 2.75) is 18.9 Å². The number of rotatable bonds is 5. The Morgan fingerprint density at radius 2 is 1.88 bits per heavy atom. The van der Waals surface area contributed by atoms with Gasteiger partial charge in [-0.1, -0.05) is 57.9 Å². The van der Waals surface area contributed by atoms with Gasteiger partial charge >= 0.3 is 0 Å². The summed E-state index contributed by atoms with van der Waals surface area (Å²) in [6.45, 7) is 2.73. The summed E-state index contributed by atoms with van der Waals surface area (Å²) in [4.78, 5) is 15.0. The lowest BCUT2D eigenvalue weighted by Gasteiger charge is -2.28. The van der Waals surface area contributed by atoms with Crippen LogP contribution in [0, 0.1) is 0 Å². The van der Waals surface area contributed by atoms with Crippen LogP contribution in [0.3, 0.4) is 0 Å². The Morgan fingerprint density at radius 1 is 1.17 bits per heavy atom. The number of hydrogen-bond acceptors (Lipinski definition) is 2. The van der Waals surface area contributed by atoms with Gasteiger partial charge in [-0.25, -0.2) is 0 Å². The van der Waals surface area contributed by atoms with E-state index in [1.165, 1.54) is 18.4 Å². The van der Waals surface area contributed by atoms with Crippen LogP contribution in [-0.2, 0) is 0 Å². The molecule has 1 fully saturated rings. The van der Waals surface area contributed by atoms with Crippen LogP contribution >= 0.6 is 27.5 Å². The van der Waals surface area contributed by atoms with Crippen molar-refractivity contribution in [3.63, 3.8) is 0 Å². The third-order valence-corrected chi connectivity index (χ3v) is 5.22. The Kier molecular flexibility index (Phi) is 5.93. The second kappa shape index (κ2) is 8.15. The Hall–Kier alpha value is -1.36. The number of nitrogens with one attached hydrogen (secondary N) is 1. The number of carbonyl (C=O) groups is 1. The maximum Gasteiger partial charge on any atom is 0.252 e. The zero-order valence-corrected chi connectivity index (χ0v) is 15.7. The minimum atomic E-state index is -0.138. The van der Waals surface area contributed by atoms with Crippen molar-refractivity contribution in [1.29, 1.82) is 0 Å². The third-order valence-electron chi connectivity index (χ3n) is 4.39. The zero-order valence-electron chi connectivity index (χ0n) is 13.3. The van der Waals surface area contributed by atoms with Crippen LogP contribution < -0.4 is 5.32 Å². The van der Waals surface area contributed by atoms with Crippen LogP contribution in [-0.4, -0.2) is 30.4 Å². The molecular formula is C19H20BrClN2O. The fraction of sp³-hybridized carbons (Fsp3) is 0.316. The summed E-state index contributed by atoms with van der Waals surface area (Å²) in [5, 5.41) is 3.52. The van der Waals surface area contributed by atoms with Crippen molar-refractivity contribution in [2.75, 3.05) is 19.6 Å². The number of halogens is 2. The van der Waals surface area contributed by atoms with E-state index in [0.717, 1.165) is 17.6 Å². The van der Waals surface area contributed by atoms with Crippen molar-refractivity contribution >= 4 is 33.4 Å². The van der Waals surface area contributed by atoms with Gasteiger partial charge in [0.15, 0.2) is 0 Å². The molecule has 3 rings (SSSR count). The van der Waals surface area contributed by atoms with E-state index in [4.69, 9.17) is 11.6 Å². The number of benzene rings is 2. The van der Waals surface area contributed by atoms with E-state index in [-0.39, 0.29) is 11.9 Å². The van der Waals surface area contributed by atoms with Gasteiger partial charge in [0, 0.05) is 11.0 Å². The highest BCUT2D eigenvalue weighted by Gasteiger charge is 2.24. The lowest BCUT2D eigenvalue weighted by Crippen LogP contribution is -2.36. The lowest BCUT2D eigenvalue weighted by atomic mass is 10.1. The molecule has 1 atom stereocenters. The van der Waals surface area contributed by atoms with Gasteiger partial charge in [-0.3, -0.25) is 9.69 Å². The molecule has 0 saturated carbocycles. The van der Waals surface area contributed by atoms with Crippen molar-refractivity contribution in [2.24, 2.45) is 0 Å². The molecule has 126 valence electrons. The second-order valence-corrected chi connectivity index (χ2v) is 7.33. The Bertz CT molecular complexity index is 702. The van der Waals surface area contributed by atoms with E-state index in [9.17, 15) is 4.79 Å². The van der Waals surface area contributed by atoms with Crippen molar-refractivity contribution in [1.82, 2.24) is 10.2 Å². The van der Waals surface area contributed by atoms with Crippen LogP contribution in [0.15, 0.2) is 53.0 Å². The van der Waals surface area contributed by atoms with Crippen LogP contribution in [0.25, 0.3) is 0 Å². The zero-order chi connectivity index (χ0) is 16.9. The maximum atomic E-state index is 12.5. The molecule has 0 bridgehead atoms. The first-order chi connectivity index (χ1) is 11.6. The molecule has 1 N–H and O–H groups in total. The van der Waals surface area contributed by atoms with E-state index >= 15 is 0 Å². The highest BCUT2D eigenvalue weighted by molar-refractivity contribution is 9.10. The number of carbonyl (C=O) groups excluding carboxylic acids is 1. The minimum absolute atomic E-state index is 0.138. The monoisotopic (exact) mass is 406 g/mol. The first-order valence-corrected chi connectivity index (χ1v) is 9.34. The molecule has 1 aliphatic rings. The van der Waals surface area contributed by atoms with E-state index in [1.54, 1.807) is 12.1 Å². The molecule has 1 heterocycles. The highest BCUT2D eigenvalue weighted by atomic mass is 79.9. The molecule has 0 unspecified atom stereocenters. The van der Waals surface area contributed by atoms with Gasteiger partial charge in [0.25, 0.3) is 5.91 Å². The van der Waals surface area contributed by atoms with Gasteiger partial charge in [0.05, 0.1) is 16.6 Å². The molecule has 0 spiro atoms. The SMILES string of the molecule is O=C(NC[C@H](c1ccccc1)N1CCCC1)c1cc(Br)ccc1Cl. The molecule has 3 nitrogen and oxygen atoms in total. The van der Waals surface area contributed by atoms with Crippen LogP contribution in [0.2, 0.25) is 5.02 Å². The smallest absolute Gasteiger partial charge is 0.252 e. The Labute approximate surface area is 156 Å². The summed E-state index contributed by atoms with van der Waals surface area (Å²) >= 11 is 9.55. The molecule has 0 radical (unpaired) electrons. The standard InChI is InChI=1S/C19H20BrClN2O/c20-15-8-9-17(21)16(12-15)19(24)22-13-18(23-10-4-5-11-23)14-6-2-1-3-7-14/h1-3,6-9,12,18H,4-5,10-11,13H2,(H,22,24)/t18-/m1/s1. The molecule has 2 aromatic carbocycles. The predicted octanol–water partition coefficient (Wildman–Crippen LogP) is 4.67. The van der Waals surface area contributed by atoms with E-state index in [1.807, 2.05) is 24.3 Å². The van der Waals surface area contributed by atoms with Gasteiger partial charge in [0.2, 0.25) is 0 Å². The molecule has 1 aliphatic heterocycles. The van der Waals surface area contributed by atoms with Crippen LogP contribution in [0.4, 0.5) is 0 Å². The van der Waals surface area contributed by atoms with Crippen LogP contribution in [0.1, 0.15) is 34.8 Å². The summed E-state index contributed by atoms with van der Waals surface area (Å²) < 4.78 is 0.844. The van der Waals surface area contributed by atoms with Gasteiger partial charge in [-0.15, -0.1) is 0 Å². The van der Waals surface area contributed by atoms with E-state index in [0.29, 0.717) is 17.1 Å². The average Bonchev–Trinajstić information content (AvgIpc) is 3.12. The molecule has 1 saturated heterocycles. The quantitative estimate of drug-likeness (QED) is 0.781. The number of hydrogen-bond donors (Lipinski definition) is 1. The van der Waals surface area contributed by atoms with Crippen molar-refractivity contribution in [3.05, 3.63) is 69.2 Å².